The lowest BCUT2D eigenvalue weighted by Crippen LogP contribution is -2.24. The average molecular weight is 248 g/mol. The summed E-state index contributed by atoms with van der Waals surface area (Å²) >= 11 is 0. The van der Waals surface area contributed by atoms with Crippen LogP contribution in [-0.2, 0) is 9.47 Å². The van der Waals surface area contributed by atoms with Gasteiger partial charge in [-0.3, -0.25) is 0 Å². The van der Waals surface area contributed by atoms with Crippen LogP contribution < -0.4 is 0 Å². The second-order valence-corrected chi connectivity index (χ2v) is 4.68. The van der Waals surface area contributed by atoms with Crippen molar-refractivity contribution in [3.8, 4) is 0 Å². The lowest BCUT2D eigenvalue weighted by atomic mass is 10.1. The highest BCUT2D eigenvalue weighted by Crippen LogP contribution is 2.10. The molecule has 0 aliphatic carbocycles. The van der Waals surface area contributed by atoms with Crippen molar-refractivity contribution in [2.45, 2.75) is 77.8 Å². The van der Waals surface area contributed by atoms with Gasteiger partial charge in [-0.25, -0.2) is 0 Å². The molecule has 0 amide bonds. The molecule has 0 saturated heterocycles. The molecule has 0 aromatic rings. The first-order valence-electron chi connectivity index (χ1n) is 6.58. The summed E-state index contributed by atoms with van der Waals surface area (Å²) in [6.45, 7) is 7.81. The first-order valence-corrected chi connectivity index (χ1v) is 6.58. The number of rotatable bonds is 10. The molecule has 0 saturated carbocycles. The molecular weight excluding hydrogens is 220 g/mol. The first-order chi connectivity index (χ1) is 7.99. The Morgan fingerprint density at radius 2 is 1.18 bits per heavy atom. The Hall–Kier alpha value is -0.160. The lowest BCUT2D eigenvalue weighted by Gasteiger charge is -2.21. The molecule has 0 aromatic carbocycles. The third-order valence-electron chi connectivity index (χ3n) is 2.73. The molecule has 0 fully saturated rings. The molecule has 0 bridgehead atoms. The standard InChI is InChI=1S/C13H28O4/c1-5-12(7-10(3)14)16-9-17-13(6-2)8-11(4)15/h10-15H,5-9H2,1-4H3. The topological polar surface area (TPSA) is 58.9 Å². The van der Waals surface area contributed by atoms with Crippen molar-refractivity contribution < 1.29 is 19.7 Å². The molecule has 4 heteroatoms. The fraction of sp³-hybridized carbons (Fsp3) is 1.00. The smallest absolute Gasteiger partial charge is 0.147 e. The van der Waals surface area contributed by atoms with Gasteiger partial charge in [-0.2, -0.15) is 0 Å². The van der Waals surface area contributed by atoms with Crippen LogP contribution in [0.25, 0.3) is 0 Å². The highest BCUT2D eigenvalue weighted by molar-refractivity contribution is 4.61. The van der Waals surface area contributed by atoms with Gasteiger partial charge in [0.1, 0.15) is 6.79 Å². The van der Waals surface area contributed by atoms with Gasteiger partial charge >= 0.3 is 0 Å². The van der Waals surface area contributed by atoms with Gasteiger partial charge in [0.15, 0.2) is 0 Å². The number of aliphatic hydroxyl groups is 2. The van der Waals surface area contributed by atoms with Gasteiger partial charge in [0.25, 0.3) is 0 Å². The van der Waals surface area contributed by atoms with Gasteiger partial charge in [0.2, 0.25) is 0 Å². The largest absolute Gasteiger partial charge is 0.393 e. The van der Waals surface area contributed by atoms with E-state index in [2.05, 4.69) is 0 Å². The zero-order valence-corrected chi connectivity index (χ0v) is 11.6. The number of ether oxygens (including phenoxy) is 2. The van der Waals surface area contributed by atoms with Crippen LogP contribution in [0.1, 0.15) is 53.4 Å². The van der Waals surface area contributed by atoms with Crippen molar-refractivity contribution >= 4 is 0 Å². The van der Waals surface area contributed by atoms with E-state index in [0.29, 0.717) is 12.8 Å². The molecule has 0 aliphatic rings. The molecule has 0 radical (unpaired) electrons. The van der Waals surface area contributed by atoms with Gasteiger partial charge in [-0.1, -0.05) is 13.8 Å². The van der Waals surface area contributed by atoms with E-state index in [-0.39, 0.29) is 31.2 Å². The molecule has 0 aliphatic heterocycles. The van der Waals surface area contributed by atoms with Crippen LogP contribution in [0.5, 0.6) is 0 Å². The molecular formula is C13H28O4. The molecule has 0 spiro atoms. The maximum absolute atomic E-state index is 9.27. The van der Waals surface area contributed by atoms with E-state index in [1.54, 1.807) is 13.8 Å². The van der Waals surface area contributed by atoms with Gasteiger partial charge in [-0.15, -0.1) is 0 Å². The van der Waals surface area contributed by atoms with Crippen molar-refractivity contribution in [3.05, 3.63) is 0 Å². The zero-order valence-electron chi connectivity index (χ0n) is 11.6. The van der Waals surface area contributed by atoms with Crippen molar-refractivity contribution in [1.82, 2.24) is 0 Å². The van der Waals surface area contributed by atoms with E-state index in [0.717, 1.165) is 12.8 Å². The maximum atomic E-state index is 9.27. The Balaban J connectivity index is 3.77. The summed E-state index contributed by atoms with van der Waals surface area (Å²) in [6, 6.07) is 0. The Kier molecular flexibility index (Phi) is 9.74. The van der Waals surface area contributed by atoms with Gasteiger partial charge in [0.05, 0.1) is 24.4 Å². The summed E-state index contributed by atoms with van der Waals surface area (Å²) in [4.78, 5) is 0. The van der Waals surface area contributed by atoms with E-state index < -0.39 is 0 Å². The zero-order chi connectivity index (χ0) is 13.3. The predicted molar refractivity (Wildman–Crippen MR) is 67.8 cm³/mol. The minimum atomic E-state index is -0.348. The molecule has 2 N–H and O–H groups in total. The van der Waals surface area contributed by atoms with Crippen LogP contribution >= 0.6 is 0 Å². The van der Waals surface area contributed by atoms with E-state index in [4.69, 9.17) is 9.47 Å². The Labute approximate surface area is 105 Å². The van der Waals surface area contributed by atoms with Crippen molar-refractivity contribution in [3.63, 3.8) is 0 Å². The first kappa shape index (κ1) is 16.8. The Morgan fingerprint density at radius 3 is 1.41 bits per heavy atom. The second kappa shape index (κ2) is 9.83. The molecule has 104 valence electrons. The van der Waals surface area contributed by atoms with Crippen LogP contribution in [0.15, 0.2) is 0 Å². The number of aliphatic hydroxyl groups excluding tert-OH is 2. The maximum Gasteiger partial charge on any atom is 0.147 e. The minimum Gasteiger partial charge on any atom is -0.393 e. The quantitative estimate of drug-likeness (QED) is 0.581. The highest BCUT2D eigenvalue weighted by Gasteiger charge is 2.13. The van der Waals surface area contributed by atoms with E-state index >= 15 is 0 Å². The number of hydrogen-bond acceptors (Lipinski definition) is 4. The molecule has 0 rings (SSSR count). The predicted octanol–water partition coefficient (Wildman–Crippen LogP) is 2.08. The third-order valence-corrected chi connectivity index (χ3v) is 2.73. The van der Waals surface area contributed by atoms with E-state index in [1.807, 2.05) is 13.8 Å². The van der Waals surface area contributed by atoms with E-state index in [1.165, 1.54) is 0 Å². The van der Waals surface area contributed by atoms with Crippen molar-refractivity contribution in [2.75, 3.05) is 6.79 Å². The van der Waals surface area contributed by atoms with Crippen LogP contribution in [0.2, 0.25) is 0 Å². The fourth-order valence-electron chi connectivity index (χ4n) is 1.70. The summed E-state index contributed by atoms with van der Waals surface area (Å²) in [7, 11) is 0. The molecule has 4 atom stereocenters. The summed E-state index contributed by atoms with van der Waals surface area (Å²) in [5.41, 5.74) is 0. The van der Waals surface area contributed by atoms with Crippen LogP contribution in [0, 0.1) is 0 Å². The Morgan fingerprint density at radius 1 is 0.824 bits per heavy atom. The summed E-state index contributed by atoms with van der Waals surface area (Å²) in [5, 5.41) is 18.5. The van der Waals surface area contributed by atoms with Crippen LogP contribution in [0.4, 0.5) is 0 Å². The average Bonchev–Trinajstić information content (AvgIpc) is 2.25. The van der Waals surface area contributed by atoms with Gasteiger partial charge in [0, 0.05) is 0 Å². The molecule has 17 heavy (non-hydrogen) atoms. The van der Waals surface area contributed by atoms with Gasteiger partial charge in [-0.05, 0) is 39.5 Å². The third kappa shape index (κ3) is 9.53. The van der Waals surface area contributed by atoms with Gasteiger partial charge < -0.3 is 19.7 Å². The summed E-state index contributed by atoms with van der Waals surface area (Å²) in [5.74, 6) is 0. The van der Waals surface area contributed by atoms with E-state index in [9.17, 15) is 10.2 Å². The molecule has 0 aromatic heterocycles. The number of hydrogen-bond donors (Lipinski definition) is 2. The second-order valence-electron chi connectivity index (χ2n) is 4.68. The molecule has 0 heterocycles. The van der Waals surface area contributed by atoms with Crippen LogP contribution in [0.3, 0.4) is 0 Å². The molecule has 4 nitrogen and oxygen atoms in total. The SMILES string of the molecule is CCC(CC(C)O)OCOC(CC)CC(C)O. The highest BCUT2D eigenvalue weighted by atomic mass is 16.7. The summed E-state index contributed by atoms with van der Waals surface area (Å²) in [6.07, 6.45) is 2.38. The normalized spacial score (nSPS) is 18.7. The Bertz CT molecular complexity index is 153. The lowest BCUT2D eigenvalue weighted by molar-refractivity contribution is -0.132. The van der Waals surface area contributed by atoms with Crippen LogP contribution in [-0.4, -0.2) is 41.4 Å². The fourth-order valence-corrected chi connectivity index (χ4v) is 1.70. The monoisotopic (exact) mass is 248 g/mol. The molecule has 4 unspecified atom stereocenters. The van der Waals surface area contributed by atoms with Crippen molar-refractivity contribution in [1.29, 1.82) is 0 Å². The summed E-state index contributed by atoms with van der Waals surface area (Å²) < 4.78 is 11.1. The minimum absolute atomic E-state index is 0.0408. The van der Waals surface area contributed by atoms with Crippen molar-refractivity contribution in [2.24, 2.45) is 0 Å².